The Labute approximate surface area is 204 Å². The maximum Gasteiger partial charge on any atom is 0.416 e. The molecule has 0 N–H and O–H groups in total. The zero-order valence-corrected chi connectivity index (χ0v) is 20.4. The van der Waals surface area contributed by atoms with E-state index in [9.17, 15) is 18.0 Å². The van der Waals surface area contributed by atoms with E-state index in [1.165, 1.54) is 6.07 Å². The monoisotopic (exact) mass is 491 g/mol. The van der Waals surface area contributed by atoms with E-state index in [1.54, 1.807) is 6.07 Å². The maximum absolute atomic E-state index is 12.9. The summed E-state index contributed by atoms with van der Waals surface area (Å²) in [4.78, 5) is 14.3. The third kappa shape index (κ3) is 6.28. The minimum absolute atomic E-state index is 0.0421. The lowest BCUT2D eigenvalue weighted by Crippen LogP contribution is -2.44. The molecule has 8 heteroatoms. The smallest absolute Gasteiger partial charge is 0.416 e. The lowest BCUT2D eigenvalue weighted by Gasteiger charge is -2.38. The largest absolute Gasteiger partial charge is 0.492 e. The molecule has 2 heterocycles. The van der Waals surface area contributed by atoms with Gasteiger partial charge >= 0.3 is 12.1 Å². The van der Waals surface area contributed by atoms with Crippen molar-refractivity contribution < 1.29 is 32.2 Å². The number of esters is 1. The Hall–Kier alpha value is -2.74. The van der Waals surface area contributed by atoms with Crippen molar-refractivity contribution >= 4 is 5.97 Å². The Morgan fingerprint density at radius 1 is 1.09 bits per heavy atom. The summed E-state index contributed by atoms with van der Waals surface area (Å²) in [5, 5.41) is 0. The van der Waals surface area contributed by atoms with Crippen LogP contribution in [-0.4, -0.2) is 42.7 Å². The van der Waals surface area contributed by atoms with Crippen molar-refractivity contribution in [1.29, 1.82) is 0 Å². The highest BCUT2D eigenvalue weighted by Crippen LogP contribution is 2.46. The van der Waals surface area contributed by atoms with Gasteiger partial charge in [-0.2, -0.15) is 13.2 Å². The molecular weight excluding hydrogens is 459 g/mol. The first-order valence-electron chi connectivity index (χ1n) is 11.9. The van der Waals surface area contributed by atoms with Crippen molar-refractivity contribution in [3.63, 3.8) is 0 Å². The molecule has 0 amide bonds. The van der Waals surface area contributed by atoms with E-state index in [-0.39, 0.29) is 18.0 Å². The van der Waals surface area contributed by atoms with Crippen LogP contribution in [0.2, 0.25) is 0 Å². The number of halogens is 3. The molecule has 0 radical (unpaired) electrons. The number of hydrogen-bond donors (Lipinski definition) is 0. The van der Waals surface area contributed by atoms with Gasteiger partial charge in [-0.3, -0.25) is 4.79 Å². The first kappa shape index (κ1) is 25.4. The van der Waals surface area contributed by atoms with Gasteiger partial charge in [0, 0.05) is 23.6 Å². The van der Waals surface area contributed by atoms with Crippen molar-refractivity contribution in [1.82, 2.24) is 4.90 Å². The molecule has 2 aliphatic rings. The van der Waals surface area contributed by atoms with Crippen molar-refractivity contribution in [3.8, 4) is 11.5 Å². The molecule has 0 atom stereocenters. The minimum atomic E-state index is -4.38. The van der Waals surface area contributed by atoms with Crippen LogP contribution in [0, 0.1) is 0 Å². The molecule has 4 rings (SSSR count). The van der Waals surface area contributed by atoms with Crippen LogP contribution in [0.3, 0.4) is 0 Å². The Kier molecular flexibility index (Phi) is 7.04. The molecule has 1 spiro atoms. The molecule has 0 saturated carbocycles. The molecule has 0 bridgehead atoms. The molecule has 35 heavy (non-hydrogen) atoms. The number of alkyl halides is 3. The van der Waals surface area contributed by atoms with Gasteiger partial charge in [-0.1, -0.05) is 18.2 Å². The van der Waals surface area contributed by atoms with E-state index >= 15 is 0 Å². The van der Waals surface area contributed by atoms with Crippen LogP contribution in [0.1, 0.15) is 56.7 Å². The molecule has 2 aromatic carbocycles. The number of carbonyl (C=O) groups is 1. The van der Waals surface area contributed by atoms with Crippen LogP contribution in [-0.2, 0) is 27.7 Å². The number of hydrogen-bond acceptors (Lipinski definition) is 5. The van der Waals surface area contributed by atoms with E-state index in [4.69, 9.17) is 14.2 Å². The summed E-state index contributed by atoms with van der Waals surface area (Å²) >= 11 is 0. The quantitative estimate of drug-likeness (QED) is 0.482. The Balaban J connectivity index is 1.32. The summed E-state index contributed by atoms with van der Waals surface area (Å²) in [6, 6.07) is 10.9. The molecule has 0 unspecified atom stereocenters. The molecule has 0 aliphatic carbocycles. The van der Waals surface area contributed by atoms with Gasteiger partial charge in [0.05, 0.1) is 18.6 Å². The van der Waals surface area contributed by atoms with Crippen LogP contribution in [0.4, 0.5) is 13.2 Å². The Morgan fingerprint density at radius 3 is 2.51 bits per heavy atom. The predicted octanol–water partition coefficient (Wildman–Crippen LogP) is 5.74. The highest BCUT2D eigenvalue weighted by Gasteiger charge is 2.43. The zero-order chi connectivity index (χ0) is 25.3. The average molecular weight is 492 g/mol. The summed E-state index contributed by atoms with van der Waals surface area (Å²) < 4.78 is 56.0. The first-order valence-corrected chi connectivity index (χ1v) is 11.9. The number of ether oxygens (including phenoxy) is 3. The van der Waals surface area contributed by atoms with E-state index in [2.05, 4.69) is 4.90 Å². The molecule has 2 aromatic rings. The van der Waals surface area contributed by atoms with Gasteiger partial charge in [-0.25, -0.2) is 0 Å². The lowest BCUT2D eigenvalue weighted by atomic mass is 9.74. The summed E-state index contributed by atoms with van der Waals surface area (Å²) in [6.45, 7) is 8.68. The molecule has 2 aliphatic heterocycles. The van der Waals surface area contributed by atoms with E-state index in [1.807, 2.05) is 39.0 Å². The van der Waals surface area contributed by atoms with Crippen LogP contribution >= 0.6 is 0 Å². The standard InChI is InChI=1S/C27H32F3NO4/c1-25(2,3)35-24(32)9-12-31-13-10-26(11-14-31)18-34-23-16-21(7-8-22(23)26)33-17-19-5-4-6-20(15-19)27(28,29)30/h4-8,15-16H,9-14,17-18H2,1-3H3. The molecule has 1 saturated heterocycles. The summed E-state index contributed by atoms with van der Waals surface area (Å²) in [7, 11) is 0. The van der Waals surface area contributed by atoms with Crippen LogP contribution in [0.5, 0.6) is 11.5 Å². The number of fused-ring (bicyclic) bond motifs is 2. The lowest BCUT2D eigenvalue weighted by molar-refractivity contribution is -0.155. The van der Waals surface area contributed by atoms with Crippen molar-refractivity contribution in [2.75, 3.05) is 26.2 Å². The van der Waals surface area contributed by atoms with Crippen LogP contribution < -0.4 is 9.47 Å². The van der Waals surface area contributed by atoms with E-state index < -0.39 is 17.3 Å². The zero-order valence-electron chi connectivity index (χ0n) is 20.4. The van der Waals surface area contributed by atoms with Gasteiger partial charge in [0.25, 0.3) is 0 Å². The number of likely N-dealkylation sites (tertiary alicyclic amines) is 1. The molecular formula is C27H32F3NO4. The van der Waals surface area contributed by atoms with Gasteiger partial charge in [0.2, 0.25) is 0 Å². The second-order valence-corrected chi connectivity index (χ2v) is 10.4. The Morgan fingerprint density at radius 2 is 1.83 bits per heavy atom. The minimum Gasteiger partial charge on any atom is -0.492 e. The third-order valence-electron chi connectivity index (χ3n) is 6.55. The number of rotatable bonds is 6. The molecule has 1 fully saturated rings. The van der Waals surface area contributed by atoms with Crippen LogP contribution in [0.15, 0.2) is 42.5 Å². The normalized spacial score (nSPS) is 17.7. The fourth-order valence-electron chi connectivity index (χ4n) is 4.71. The van der Waals surface area contributed by atoms with Crippen LogP contribution in [0.25, 0.3) is 0 Å². The highest BCUT2D eigenvalue weighted by atomic mass is 19.4. The average Bonchev–Trinajstić information content (AvgIpc) is 3.13. The SMILES string of the molecule is CC(C)(C)OC(=O)CCN1CCC2(CC1)COc1cc(OCc3cccc(C(F)(F)F)c3)ccc12. The number of benzene rings is 2. The fourth-order valence-corrected chi connectivity index (χ4v) is 4.71. The van der Waals surface area contributed by atoms with Crippen molar-refractivity contribution in [2.24, 2.45) is 0 Å². The van der Waals surface area contributed by atoms with E-state index in [0.717, 1.165) is 49.4 Å². The topological polar surface area (TPSA) is 48.0 Å². The number of carbonyl (C=O) groups excluding carboxylic acids is 1. The fraction of sp³-hybridized carbons (Fsp3) is 0.519. The number of piperidine rings is 1. The second-order valence-electron chi connectivity index (χ2n) is 10.4. The molecule has 0 aromatic heterocycles. The number of nitrogens with zero attached hydrogens (tertiary/aromatic N) is 1. The van der Waals surface area contributed by atoms with Crippen molar-refractivity contribution in [2.45, 2.75) is 63.8 Å². The maximum atomic E-state index is 12.9. The van der Waals surface area contributed by atoms with E-state index in [0.29, 0.717) is 30.9 Å². The summed E-state index contributed by atoms with van der Waals surface area (Å²) in [6.07, 6.45) is -2.14. The van der Waals surface area contributed by atoms with Gasteiger partial charge < -0.3 is 19.1 Å². The van der Waals surface area contributed by atoms with Gasteiger partial charge in [0.1, 0.15) is 23.7 Å². The summed E-state index contributed by atoms with van der Waals surface area (Å²) in [5.41, 5.74) is 0.392. The molecule has 5 nitrogen and oxygen atoms in total. The van der Waals surface area contributed by atoms with Crippen molar-refractivity contribution in [3.05, 3.63) is 59.2 Å². The van der Waals surface area contributed by atoms with Gasteiger partial charge in [-0.15, -0.1) is 0 Å². The van der Waals surface area contributed by atoms with Gasteiger partial charge in [0.15, 0.2) is 0 Å². The third-order valence-corrected chi connectivity index (χ3v) is 6.55. The van der Waals surface area contributed by atoms with Gasteiger partial charge in [-0.05, 0) is 70.5 Å². The molecule has 190 valence electrons. The Bertz CT molecular complexity index is 1050. The summed E-state index contributed by atoms with van der Waals surface area (Å²) in [5.74, 6) is 1.16. The first-order chi connectivity index (χ1) is 16.4. The predicted molar refractivity (Wildman–Crippen MR) is 126 cm³/mol. The second kappa shape index (κ2) is 9.72. The highest BCUT2D eigenvalue weighted by molar-refractivity contribution is 5.70.